The summed E-state index contributed by atoms with van der Waals surface area (Å²) in [5.41, 5.74) is 2.38. The fourth-order valence-electron chi connectivity index (χ4n) is 1.88. The third-order valence-electron chi connectivity index (χ3n) is 2.90. The van der Waals surface area contributed by atoms with Crippen molar-refractivity contribution in [2.45, 2.75) is 20.8 Å². The molecule has 0 saturated heterocycles. The van der Waals surface area contributed by atoms with Crippen molar-refractivity contribution in [1.82, 2.24) is 20.4 Å². The summed E-state index contributed by atoms with van der Waals surface area (Å²) >= 11 is 0. The molecule has 1 unspecified atom stereocenters. The predicted molar refractivity (Wildman–Crippen MR) is 68.1 cm³/mol. The van der Waals surface area contributed by atoms with Gasteiger partial charge in [-0.15, -0.1) is 0 Å². The average Bonchev–Trinajstić information content (AvgIpc) is 2.50. The van der Waals surface area contributed by atoms with Crippen LogP contribution in [-0.2, 0) is 7.05 Å². The summed E-state index contributed by atoms with van der Waals surface area (Å²) in [6.45, 7) is 7.43. The van der Waals surface area contributed by atoms with Crippen LogP contribution in [0.25, 0.3) is 0 Å². The molecule has 1 aromatic rings. The van der Waals surface area contributed by atoms with Gasteiger partial charge in [0.2, 0.25) is 0 Å². The third-order valence-corrected chi connectivity index (χ3v) is 2.90. The lowest BCUT2D eigenvalue weighted by Crippen LogP contribution is -2.32. The smallest absolute Gasteiger partial charge is 0.255 e. The second-order valence-electron chi connectivity index (χ2n) is 4.54. The van der Waals surface area contributed by atoms with E-state index in [-0.39, 0.29) is 5.91 Å². The number of aromatic nitrogens is 2. The Morgan fingerprint density at radius 3 is 2.53 bits per heavy atom. The second-order valence-corrected chi connectivity index (χ2v) is 4.54. The number of hydrogen-bond acceptors (Lipinski definition) is 3. The highest BCUT2D eigenvalue weighted by atomic mass is 16.1. The zero-order chi connectivity index (χ0) is 13.0. The Kier molecular flexibility index (Phi) is 4.69. The maximum Gasteiger partial charge on any atom is 0.255 e. The molecular weight excluding hydrogens is 216 g/mol. The van der Waals surface area contributed by atoms with Crippen LogP contribution in [0, 0.1) is 19.8 Å². The van der Waals surface area contributed by atoms with E-state index in [4.69, 9.17) is 0 Å². The first kappa shape index (κ1) is 13.7. The molecule has 5 nitrogen and oxygen atoms in total. The van der Waals surface area contributed by atoms with Crippen LogP contribution < -0.4 is 10.6 Å². The highest BCUT2D eigenvalue weighted by Gasteiger charge is 2.17. The Morgan fingerprint density at radius 1 is 1.41 bits per heavy atom. The maximum atomic E-state index is 12.0. The van der Waals surface area contributed by atoms with Crippen molar-refractivity contribution < 1.29 is 4.79 Å². The van der Waals surface area contributed by atoms with Gasteiger partial charge in [-0.25, -0.2) is 0 Å². The molecule has 0 spiro atoms. The van der Waals surface area contributed by atoms with Crippen LogP contribution in [0.15, 0.2) is 0 Å². The molecule has 0 aromatic carbocycles. The molecule has 5 heteroatoms. The quantitative estimate of drug-likeness (QED) is 0.790. The molecule has 1 amide bonds. The van der Waals surface area contributed by atoms with Gasteiger partial charge in [0.05, 0.1) is 11.3 Å². The number of nitrogens with zero attached hydrogens (tertiary/aromatic N) is 2. The van der Waals surface area contributed by atoms with Crippen molar-refractivity contribution in [3.8, 4) is 0 Å². The highest BCUT2D eigenvalue weighted by molar-refractivity contribution is 5.96. The molecule has 0 aliphatic carbocycles. The number of carbonyl (C=O) groups is 1. The van der Waals surface area contributed by atoms with Crippen molar-refractivity contribution in [3.05, 3.63) is 17.0 Å². The first-order valence-electron chi connectivity index (χ1n) is 5.90. The number of hydrogen-bond donors (Lipinski definition) is 2. The summed E-state index contributed by atoms with van der Waals surface area (Å²) in [6, 6.07) is 0. The third kappa shape index (κ3) is 3.30. The SMILES string of the molecule is CNCC(C)CNC(=O)c1c(C)nn(C)c1C. The number of nitrogens with one attached hydrogen (secondary N) is 2. The lowest BCUT2D eigenvalue weighted by atomic mass is 10.1. The van der Waals surface area contributed by atoms with Gasteiger partial charge in [0, 0.05) is 19.3 Å². The Balaban J connectivity index is 2.64. The monoisotopic (exact) mass is 238 g/mol. The Hall–Kier alpha value is -1.36. The Bertz CT molecular complexity index is 397. The molecule has 2 N–H and O–H groups in total. The van der Waals surface area contributed by atoms with Crippen LogP contribution >= 0.6 is 0 Å². The molecule has 1 atom stereocenters. The molecule has 0 radical (unpaired) electrons. The number of rotatable bonds is 5. The summed E-state index contributed by atoms with van der Waals surface area (Å²) in [5, 5.41) is 10.3. The topological polar surface area (TPSA) is 58.9 Å². The van der Waals surface area contributed by atoms with Gasteiger partial charge in [0.1, 0.15) is 0 Å². The lowest BCUT2D eigenvalue weighted by molar-refractivity contribution is 0.0947. The van der Waals surface area contributed by atoms with Gasteiger partial charge in [0.15, 0.2) is 0 Å². The van der Waals surface area contributed by atoms with Crippen LogP contribution in [0.3, 0.4) is 0 Å². The van der Waals surface area contributed by atoms with E-state index < -0.39 is 0 Å². The number of aryl methyl sites for hydroxylation is 2. The summed E-state index contributed by atoms with van der Waals surface area (Å²) < 4.78 is 1.74. The van der Waals surface area contributed by atoms with Crippen LogP contribution in [0.1, 0.15) is 28.7 Å². The van der Waals surface area contributed by atoms with Crippen molar-refractivity contribution in [1.29, 1.82) is 0 Å². The minimum absolute atomic E-state index is 0.0314. The summed E-state index contributed by atoms with van der Waals surface area (Å²) in [4.78, 5) is 12.0. The number of carbonyl (C=O) groups excluding carboxylic acids is 1. The van der Waals surface area contributed by atoms with Crippen molar-refractivity contribution in [3.63, 3.8) is 0 Å². The van der Waals surface area contributed by atoms with Crippen LogP contribution in [0.5, 0.6) is 0 Å². The molecule has 1 rings (SSSR count). The normalized spacial score (nSPS) is 12.5. The van der Waals surface area contributed by atoms with E-state index in [0.717, 1.165) is 17.9 Å². The van der Waals surface area contributed by atoms with Crippen molar-refractivity contribution >= 4 is 5.91 Å². The van der Waals surface area contributed by atoms with Crippen LogP contribution in [0.2, 0.25) is 0 Å². The minimum atomic E-state index is -0.0314. The fraction of sp³-hybridized carbons (Fsp3) is 0.667. The largest absolute Gasteiger partial charge is 0.352 e. The lowest BCUT2D eigenvalue weighted by Gasteiger charge is -2.12. The number of amides is 1. The van der Waals surface area contributed by atoms with Gasteiger partial charge in [0.25, 0.3) is 5.91 Å². The molecule has 0 bridgehead atoms. The molecular formula is C12H22N4O. The first-order valence-corrected chi connectivity index (χ1v) is 5.90. The maximum absolute atomic E-state index is 12.0. The van der Waals surface area contributed by atoms with Crippen molar-refractivity contribution in [2.24, 2.45) is 13.0 Å². The van der Waals surface area contributed by atoms with E-state index in [1.807, 2.05) is 27.9 Å². The predicted octanol–water partition coefficient (Wildman–Crippen LogP) is 0.622. The van der Waals surface area contributed by atoms with E-state index in [2.05, 4.69) is 22.7 Å². The summed E-state index contributed by atoms with van der Waals surface area (Å²) in [7, 11) is 3.76. The molecule has 0 aliphatic rings. The average molecular weight is 238 g/mol. The van der Waals surface area contributed by atoms with E-state index in [1.165, 1.54) is 0 Å². The molecule has 96 valence electrons. The minimum Gasteiger partial charge on any atom is -0.352 e. The zero-order valence-corrected chi connectivity index (χ0v) is 11.3. The van der Waals surface area contributed by atoms with Gasteiger partial charge in [-0.2, -0.15) is 5.10 Å². The van der Waals surface area contributed by atoms with Gasteiger partial charge in [-0.3, -0.25) is 9.48 Å². The molecule has 17 heavy (non-hydrogen) atoms. The van der Waals surface area contributed by atoms with E-state index >= 15 is 0 Å². The standard InChI is InChI=1S/C12H22N4O/c1-8(6-13-4)7-14-12(17)11-9(2)15-16(5)10(11)3/h8,13H,6-7H2,1-5H3,(H,14,17). The van der Waals surface area contributed by atoms with E-state index in [9.17, 15) is 4.79 Å². The molecule has 1 heterocycles. The molecule has 0 saturated carbocycles. The fourth-order valence-corrected chi connectivity index (χ4v) is 1.88. The Morgan fingerprint density at radius 2 is 2.06 bits per heavy atom. The zero-order valence-electron chi connectivity index (χ0n) is 11.3. The molecule has 0 fully saturated rings. The summed E-state index contributed by atoms with van der Waals surface area (Å²) in [5.74, 6) is 0.386. The van der Waals surface area contributed by atoms with Gasteiger partial charge in [-0.05, 0) is 33.4 Å². The van der Waals surface area contributed by atoms with Gasteiger partial charge >= 0.3 is 0 Å². The van der Waals surface area contributed by atoms with Crippen LogP contribution in [0.4, 0.5) is 0 Å². The van der Waals surface area contributed by atoms with Gasteiger partial charge < -0.3 is 10.6 Å². The van der Waals surface area contributed by atoms with Gasteiger partial charge in [-0.1, -0.05) is 6.92 Å². The first-order chi connectivity index (χ1) is 7.97. The van der Waals surface area contributed by atoms with E-state index in [1.54, 1.807) is 4.68 Å². The second kappa shape index (κ2) is 5.82. The highest BCUT2D eigenvalue weighted by Crippen LogP contribution is 2.11. The Labute approximate surface area is 103 Å². The molecule has 1 aromatic heterocycles. The van der Waals surface area contributed by atoms with E-state index in [0.29, 0.717) is 18.0 Å². The van der Waals surface area contributed by atoms with Crippen molar-refractivity contribution in [2.75, 3.05) is 20.1 Å². The summed E-state index contributed by atoms with van der Waals surface area (Å²) in [6.07, 6.45) is 0. The van der Waals surface area contributed by atoms with Crippen LogP contribution in [-0.4, -0.2) is 35.8 Å². The molecule has 0 aliphatic heterocycles.